The lowest BCUT2D eigenvalue weighted by Crippen LogP contribution is -2.35. The molecule has 2 heterocycles. The Hall–Kier alpha value is -1.89. The van der Waals surface area contributed by atoms with Crippen LogP contribution in [0.4, 0.5) is 13.2 Å². The molecule has 4 nitrogen and oxygen atoms in total. The van der Waals surface area contributed by atoms with E-state index in [9.17, 15) is 13.2 Å². The summed E-state index contributed by atoms with van der Waals surface area (Å²) in [6.45, 7) is 4.35. The molecule has 1 aliphatic rings. The molecule has 1 atom stereocenters. The van der Waals surface area contributed by atoms with Gasteiger partial charge in [-0.15, -0.1) is 0 Å². The third-order valence-electron chi connectivity index (χ3n) is 4.63. The number of likely N-dealkylation sites (tertiary alicyclic amines) is 1. The van der Waals surface area contributed by atoms with Crippen molar-refractivity contribution in [1.29, 1.82) is 0 Å². The molecule has 2 aromatic rings. The minimum absolute atomic E-state index is 0.483. The fraction of sp³-hybridized carbons (Fsp3) is 0.556. The average molecular weight is 353 g/mol. The van der Waals surface area contributed by atoms with Gasteiger partial charge in [0.2, 0.25) is 5.89 Å². The Morgan fingerprint density at radius 2 is 2.16 bits per heavy atom. The van der Waals surface area contributed by atoms with E-state index in [2.05, 4.69) is 15.0 Å². The van der Waals surface area contributed by atoms with E-state index in [0.717, 1.165) is 44.0 Å². The zero-order chi connectivity index (χ0) is 17.9. The molecule has 1 fully saturated rings. The molecule has 1 aliphatic heterocycles. The third-order valence-corrected chi connectivity index (χ3v) is 4.63. The van der Waals surface area contributed by atoms with Crippen LogP contribution in [0.15, 0.2) is 28.8 Å². The van der Waals surface area contributed by atoms with E-state index >= 15 is 0 Å². The number of alkyl halides is 3. The lowest BCUT2D eigenvalue weighted by Gasteiger charge is -2.32. The Balaban J connectivity index is 1.53. The van der Waals surface area contributed by atoms with Crippen LogP contribution in [0.5, 0.6) is 0 Å². The van der Waals surface area contributed by atoms with Crippen molar-refractivity contribution < 1.29 is 17.7 Å². The maximum Gasteiger partial charge on any atom is 0.416 e. The van der Waals surface area contributed by atoms with Crippen LogP contribution in [0.25, 0.3) is 0 Å². The van der Waals surface area contributed by atoms with Gasteiger partial charge in [0.05, 0.1) is 12.1 Å². The van der Waals surface area contributed by atoms with Crippen molar-refractivity contribution in [2.75, 3.05) is 13.1 Å². The molecule has 0 spiro atoms. The second-order valence-electron chi connectivity index (χ2n) is 6.71. The highest BCUT2D eigenvalue weighted by Gasteiger charge is 2.30. The normalized spacial score (nSPS) is 19.3. The van der Waals surface area contributed by atoms with Crippen molar-refractivity contribution in [2.24, 2.45) is 5.92 Å². The molecule has 1 aromatic heterocycles. The number of nitrogens with zero attached hydrogens (tertiary/aromatic N) is 3. The molecule has 25 heavy (non-hydrogen) atoms. The van der Waals surface area contributed by atoms with Gasteiger partial charge >= 0.3 is 6.18 Å². The first kappa shape index (κ1) is 17.9. The van der Waals surface area contributed by atoms with E-state index < -0.39 is 11.7 Å². The topological polar surface area (TPSA) is 42.2 Å². The first-order valence-electron chi connectivity index (χ1n) is 8.58. The SMILES string of the molecule is Cc1nc(CN2CCC[C@H](CCc3cccc(C(F)(F)F)c3)C2)no1. The maximum absolute atomic E-state index is 12.8. The summed E-state index contributed by atoms with van der Waals surface area (Å²) in [5, 5.41) is 3.93. The Labute approximate surface area is 145 Å². The fourth-order valence-corrected chi connectivity index (χ4v) is 3.41. The molecule has 136 valence electrons. The molecule has 1 saturated heterocycles. The van der Waals surface area contributed by atoms with Crippen LogP contribution in [0, 0.1) is 12.8 Å². The van der Waals surface area contributed by atoms with E-state index in [0.29, 0.717) is 30.6 Å². The molecule has 0 amide bonds. The number of aromatic nitrogens is 2. The van der Waals surface area contributed by atoms with Crippen molar-refractivity contribution in [3.8, 4) is 0 Å². The van der Waals surface area contributed by atoms with Gasteiger partial charge in [-0.05, 0) is 49.8 Å². The summed E-state index contributed by atoms with van der Waals surface area (Å²) in [6, 6.07) is 5.66. The van der Waals surface area contributed by atoms with Crippen LogP contribution in [0.2, 0.25) is 0 Å². The highest BCUT2D eigenvalue weighted by Crippen LogP contribution is 2.30. The molecular weight excluding hydrogens is 331 g/mol. The van der Waals surface area contributed by atoms with Gasteiger partial charge in [0.1, 0.15) is 0 Å². The van der Waals surface area contributed by atoms with Crippen molar-refractivity contribution in [3.05, 3.63) is 47.1 Å². The molecule has 1 aromatic carbocycles. The highest BCUT2D eigenvalue weighted by molar-refractivity contribution is 5.25. The Morgan fingerprint density at radius 3 is 2.88 bits per heavy atom. The van der Waals surface area contributed by atoms with Gasteiger partial charge in [-0.25, -0.2) is 0 Å². The molecular formula is C18H22F3N3O. The van der Waals surface area contributed by atoms with Crippen molar-refractivity contribution in [3.63, 3.8) is 0 Å². The number of aryl methyl sites for hydroxylation is 2. The van der Waals surface area contributed by atoms with Crippen LogP contribution >= 0.6 is 0 Å². The molecule has 7 heteroatoms. The molecule has 0 saturated carbocycles. The van der Waals surface area contributed by atoms with Gasteiger partial charge in [-0.1, -0.05) is 23.4 Å². The Morgan fingerprint density at radius 1 is 1.32 bits per heavy atom. The van der Waals surface area contributed by atoms with Crippen molar-refractivity contribution >= 4 is 0 Å². The lowest BCUT2D eigenvalue weighted by atomic mass is 9.91. The van der Waals surface area contributed by atoms with Crippen molar-refractivity contribution in [2.45, 2.75) is 45.3 Å². The summed E-state index contributed by atoms with van der Waals surface area (Å²) < 4.78 is 43.4. The van der Waals surface area contributed by atoms with Gasteiger partial charge in [-0.3, -0.25) is 4.90 Å². The standard InChI is InChI=1S/C18H22F3N3O/c1-13-22-17(23-25-13)12-24-9-3-5-15(11-24)8-7-14-4-2-6-16(10-14)18(19,20)21/h2,4,6,10,15H,3,5,7-9,11-12H2,1H3/t15-/m1/s1. The molecule has 0 aliphatic carbocycles. The summed E-state index contributed by atoms with van der Waals surface area (Å²) in [7, 11) is 0. The predicted molar refractivity (Wildman–Crippen MR) is 86.8 cm³/mol. The number of piperidine rings is 1. The van der Waals surface area contributed by atoms with Crippen LogP contribution in [0.1, 0.15) is 42.1 Å². The predicted octanol–water partition coefficient (Wildman–Crippen LogP) is 4.24. The monoisotopic (exact) mass is 353 g/mol. The van der Waals surface area contributed by atoms with Crippen LogP contribution < -0.4 is 0 Å². The molecule has 0 N–H and O–H groups in total. The van der Waals surface area contributed by atoms with Gasteiger partial charge in [-0.2, -0.15) is 18.2 Å². The van der Waals surface area contributed by atoms with Crippen LogP contribution in [-0.2, 0) is 19.1 Å². The number of rotatable bonds is 5. The second kappa shape index (κ2) is 7.56. The van der Waals surface area contributed by atoms with Gasteiger partial charge < -0.3 is 4.52 Å². The minimum atomic E-state index is -4.28. The second-order valence-corrected chi connectivity index (χ2v) is 6.71. The maximum atomic E-state index is 12.8. The average Bonchev–Trinajstić information content (AvgIpc) is 2.98. The van der Waals surface area contributed by atoms with Crippen molar-refractivity contribution in [1.82, 2.24) is 15.0 Å². The zero-order valence-electron chi connectivity index (χ0n) is 14.2. The summed E-state index contributed by atoms with van der Waals surface area (Å²) in [6.07, 6.45) is -0.516. The molecule has 0 radical (unpaired) electrons. The number of hydrogen-bond donors (Lipinski definition) is 0. The largest absolute Gasteiger partial charge is 0.416 e. The molecule has 0 bridgehead atoms. The Bertz CT molecular complexity index is 699. The van der Waals surface area contributed by atoms with E-state index in [1.165, 1.54) is 12.1 Å². The number of benzene rings is 1. The summed E-state index contributed by atoms with van der Waals surface area (Å²) in [5.41, 5.74) is 0.184. The van der Waals surface area contributed by atoms with Gasteiger partial charge in [0.25, 0.3) is 0 Å². The van der Waals surface area contributed by atoms with Gasteiger partial charge in [0.15, 0.2) is 5.82 Å². The summed E-state index contributed by atoms with van der Waals surface area (Å²) in [5.74, 6) is 1.74. The first-order valence-corrected chi connectivity index (χ1v) is 8.58. The van der Waals surface area contributed by atoms with E-state index in [-0.39, 0.29) is 0 Å². The molecule has 3 rings (SSSR count). The first-order chi connectivity index (χ1) is 11.9. The van der Waals surface area contributed by atoms with E-state index in [1.54, 1.807) is 13.0 Å². The summed E-state index contributed by atoms with van der Waals surface area (Å²) in [4.78, 5) is 6.53. The smallest absolute Gasteiger partial charge is 0.340 e. The third kappa shape index (κ3) is 5.04. The van der Waals surface area contributed by atoms with E-state index in [1.807, 2.05) is 0 Å². The molecule has 0 unspecified atom stereocenters. The quantitative estimate of drug-likeness (QED) is 0.806. The zero-order valence-corrected chi connectivity index (χ0v) is 14.2. The van der Waals surface area contributed by atoms with Gasteiger partial charge in [0, 0.05) is 13.5 Å². The Kier molecular flexibility index (Phi) is 5.42. The summed E-state index contributed by atoms with van der Waals surface area (Å²) >= 11 is 0. The van der Waals surface area contributed by atoms with Crippen LogP contribution in [-0.4, -0.2) is 28.1 Å². The van der Waals surface area contributed by atoms with Crippen LogP contribution in [0.3, 0.4) is 0 Å². The number of halogens is 3. The minimum Gasteiger partial charge on any atom is -0.340 e. The highest BCUT2D eigenvalue weighted by atomic mass is 19.4. The lowest BCUT2D eigenvalue weighted by molar-refractivity contribution is -0.137. The number of hydrogen-bond acceptors (Lipinski definition) is 4. The fourth-order valence-electron chi connectivity index (χ4n) is 3.41. The van der Waals surface area contributed by atoms with E-state index in [4.69, 9.17) is 4.52 Å².